The molecule has 0 aliphatic carbocycles. The number of hydrogen-bond donors (Lipinski definition) is 3. The van der Waals surface area contributed by atoms with E-state index in [2.05, 4.69) is 19.2 Å². The molecular formula is C55H107NO5. The van der Waals surface area contributed by atoms with Gasteiger partial charge in [-0.3, -0.25) is 9.59 Å². The van der Waals surface area contributed by atoms with Crippen molar-refractivity contribution in [3.63, 3.8) is 0 Å². The number of esters is 1. The molecule has 1 amide bonds. The zero-order valence-electron chi connectivity index (χ0n) is 41.2. The highest BCUT2D eigenvalue weighted by Gasteiger charge is 2.18. The van der Waals surface area contributed by atoms with E-state index in [9.17, 15) is 19.8 Å². The van der Waals surface area contributed by atoms with Gasteiger partial charge in [0.05, 0.1) is 25.4 Å². The molecule has 6 nitrogen and oxygen atoms in total. The Balaban J connectivity index is 3.38. The van der Waals surface area contributed by atoms with Gasteiger partial charge in [0.25, 0.3) is 0 Å². The number of rotatable bonds is 51. The second-order valence-corrected chi connectivity index (χ2v) is 18.9. The van der Waals surface area contributed by atoms with Crippen LogP contribution >= 0.6 is 0 Å². The topological polar surface area (TPSA) is 95.9 Å². The largest absolute Gasteiger partial charge is 0.466 e. The molecular weight excluding hydrogens is 755 g/mol. The normalized spacial score (nSPS) is 12.7. The molecule has 0 spiro atoms. The number of nitrogens with one attached hydrogen (secondary N) is 1. The summed E-state index contributed by atoms with van der Waals surface area (Å²) in [6.07, 6.45) is 59.4. The molecule has 0 aromatic rings. The molecule has 0 aromatic carbocycles. The first-order valence-corrected chi connectivity index (χ1v) is 27.5. The van der Waals surface area contributed by atoms with Gasteiger partial charge in [-0.15, -0.1) is 0 Å². The molecule has 0 aromatic heterocycles. The summed E-state index contributed by atoms with van der Waals surface area (Å²) in [5, 5.41) is 23.0. The number of allylic oxidation sites excluding steroid dienone is 1. The lowest BCUT2D eigenvalue weighted by molar-refractivity contribution is -0.143. The minimum Gasteiger partial charge on any atom is -0.466 e. The predicted octanol–water partition coefficient (Wildman–Crippen LogP) is 16.5. The van der Waals surface area contributed by atoms with E-state index >= 15 is 0 Å². The van der Waals surface area contributed by atoms with E-state index in [1.807, 2.05) is 6.08 Å². The summed E-state index contributed by atoms with van der Waals surface area (Å²) in [5.41, 5.74) is 0. The van der Waals surface area contributed by atoms with Crippen LogP contribution in [0.5, 0.6) is 0 Å². The first-order chi connectivity index (χ1) is 30.0. The summed E-state index contributed by atoms with van der Waals surface area (Å²) in [6.45, 7) is 4.89. The van der Waals surface area contributed by atoms with Crippen molar-refractivity contribution in [1.29, 1.82) is 0 Å². The third-order valence-corrected chi connectivity index (χ3v) is 12.8. The lowest BCUT2D eigenvalue weighted by Gasteiger charge is -2.20. The number of hydrogen-bond acceptors (Lipinski definition) is 5. The molecule has 0 saturated carbocycles. The van der Waals surface area contributed by atoms with Crippen LogP contribution in [0.1, 0.15) is 303 Å². The van der Waals surface area contributed by atoms with Crippen LogP contribution in [0.2, 0.25) is 0 Å². The number of carbonyl (C=O) groups is 2. The molecule has 61 heavy (non-hydrogen) atoms. The lowest BCUT2D eigenvalue weighted by atomic mass is 10.0. The van der Waals surface area contributed by atoms with Crippen LogP contribution in [0.4, 0.5) is 0 Å². The van der Waals surface area contributed by atoms with Crippen molar-refractivity contribution >= 4 is 11.9 Å². The molecule has 6 heteroatoms. The van der Waals surface area contributed by atoms with Gasteiger partial charge < -0.3 is 20.3 Å². The number of aliphatic hydroxyl groups excluding tert-OH is 2. The lowest BCUT2D eigenvalue weighted by Crippen LogP contribution is -2.45. The molecule has 0 aliphatic rings. The fourth-order valence-corrected chi connectivity index (χ4v) is 8.58. The Hall–Kier alpha value is -1.40. The number of carbonyl (C=O) groups excluding carboxylic acids is 2. The minimum absolute atomic E-state index is 0.0112. The Labute approximate surface area is 380 Å². The fraction of sp³-hybridized carbons (Fsp3) is 0.927. The van der Waals surface area contributed by atoms with Gasteiger partial charge in [-0.25, -0.2) is 0 Å². The highest BCUT2D eigenvalue weighted by molar-refractivity contribution is 5.76. The molecule has 0 bridgehead atoms. The summed E-state index contributed by atoms with van der Waals surface area (Å²) in [5.74, 6) is -0.0607. The summed E-state index contributed by atoms with van der Waals surface area (Å²) in [4.78, 5) is 24.4. The number of ether oxygens (including phenoxy) is 1. The van der Waals surface area contributed by atoms with E-state index in [1.54, 1.807) is 6.08 Å². The van der Waals surface area contributed by atoms with Crippen molar-refractivity contribution in [2.75, 3.05) is 13.2 Å². The second-order valence-electron chi connectivity index (χ2n) is 18.9. The van der Waals surface area contributed by atoms with Crippen LogP contribution in [0, 0.1) is 0 Å². The summed E-state index contributed by atoms with van der Waals surface area (Å²) in [6, 6.07) is -0.627. The molecule has 0 fully saturated rings. The SMILES string of the molecule is CCCCCCCCCC/C=C/C(O)C(CO)NC(=O)CCCCCCCCCCCCCCCCCCCCCOC(=O)CCCCCCCCCCCCCCCCC. The van der Waals surface area contributed by atoms with E-state index < -0.39 is 12.1 Å². The quantitative estimate of drug-likeness (QED) is 0.0322. The molecule has 362 valence electrons. The first kappa shape index (κ1) is 59.6. The van der Waals surface area contributed by atoms with E-state index in [1.165, 1.54) is 238 Å². The van der Waals surface area contributed by atoms with Gasteiger partial charge >= 0.3 is 5.97 Å². The smallest absolute Gasteiger partial charge is 0.305 e. The van der Waals surface area contributed by atoms with Gasteiger partial charge in [-0.05, 0) is 32.1 Å². The molecule has 0 heterocycles. The van der Waals surface area contributed by atoms with Crippen molar-refractivity contribution in [1.82, 2.24) is 5.32 Å². The van der Waals surface area contributed by atoms with Crippen molar-refractivity contribution in [2.45, 2.75) is 315 Å². The number of unbranched alkanes of at least 4 members (excludes halogenated alkanes) is 40. The third-order valence-electron chi connectivity index (χ3n) is 12.8. The standard InChI is InChI=1S/C55H107NO5/c1-3-5-7-9-11-13-15-16-22-26-29-33-37-41-45-49-55(60)61-50-46-42-38-34-30-27-24-21-19-17-18-20-23-25-28-32-36-40-44-48-54(59)56-52(51-57)53(58)47-43-39-35-31-14-12-10-8-6-4-2/h43,47,52-53,57-58H,3-42,44-46,48-51H2,1-2H3,(H,56,59)/b47-43+. The maximum absolute atomic E-state index is 12.4. The van der Waals surface area contributed by atoms with Crippen molar-refractivity contribution in [3.05, 3.63) is 12.2 Å². The van der Waals surface area contributed by atoms with Gasteiger partial charge in [-0.1, -0.05) is 270 Å². The average molecular weight is 862 g/mol. The van der Waals surface area contributed by atoms with Crippen LogP contribution < -0.4 is 5.32 Å². The summed E-state index contributed by atoms with van der Waals surface area (Å²) >= 11 is 0. The minimum atomic E-state index is -0.843. The van der Waals surface area contributed by atoms with Crippen LogP contribution in [0.15, 0.2) is 12.2 Å². The Kier molecular flexibility index (Phi) is 50.1. The third kappa shape index (κ3) is 47.9. The predicted molar refractivity (Wildman–Crippen MR) is 264 cm³/mol. The monoisotopic (exact) mass is 862 g/mol. The zero-order chi connectivity index (χ0) is 44.4. The van der Waals surface area contributed by atoms with Crippen molar-refractivity contribution < 1.29 is 24.5 Å². The first-order valence-electron chi connectivity index (χ1n) is 27.5. The van der Waals surface area contributed by atoms with Gasteiger partial charge in [0.1, 0.15) is 0 Å². The Morgan fingerprint density at radius 1 is 0.443 bits per heavy atom. The number of aliphatic hydroxyl groups is 2. The number of amides is 1. The summed E-state index contributed by atoms with van der Waals surface area (Å²) < 4.78 is 5.48. The van der Waals surface area contributed by atoms with E-state index in [0.717, 1.165) is 38.5 Å². The molecule has 2 atom stereocenters. The van der Waals surface area contributed by atoms with E-state index in [-0.39, 0.29) is 18.5 Å². The van der Waals surface area contributed by atoms with Crippen molar-refractivity contribution in [3.8, 4) is 0 Å². The molecule has 3 N–H and O–H groups in total. The average Bonchev–Trinajstić information content (AvgIpc) is 3.26. The van der Waals surface area contributed by atoms with Gasteiger partial charge in [0.2, 0.25) is 5.91 Å². The molecule has 0 rings (SSSR count). The maximum atomic E-state index is 12.4. The van der Waals surface area contributed by atoms with Crippen LogP contribution in [0.3, 0.4) is 0 Å². The van der Waals surface area contributed by atoms with Crippen LogP contribution in [-0.4, -0.2) is 47.4 Å². The van der Waals surface area contributed by atoms with Crippen LogP contribution in [-0.2, 0) is 14.3 Å². The van der Waals surface area contributed by atoms with Gasteiger partial charge in [0.15, 0.2) is 0 Å². The summed E-state index contributed by atoms with van der Waals surface area (Å²) in [7, 11) is 0. The highest BCUT2D eigenvalue weighted by atomic mass is 16.5. The molecule has 2 unspecified atom stereocenters. The molecule has 0 radical (unpaired) electrons. The van der Waals surface area contributed by atoms with Crippen LogP contribution in [0.25, 0.3) is 0 Å². The van der Waals surface area contributed by atoms with E-state index in [0.29, 0.717) is 19.4 Å². The Morgan fingerprint density at radius 3 is 1.11 bits per heavy atom. The van der Waals surface area contributed by atoms with Gasteiger partial charge in [0, 0.05) is 12.8 Å². The maximum Gasteiger partial charge on any atom is 0.305 e. The molecule has 0 saturated heterocycles. The fourth-order valence-electron chi connectivity index (χ4n) is 8.58. The Morgan fingerprint density at radius 2 is 0.754 bits per heavy atom. The second kappa shape index (κ2) is 51.2. The van der Waals surface area contributed by atoms with Crippen molar-refractivity contribution in [2.24, 2.45) is 0 Å². The zero-order valence-corrected chi connectivity index (χ0v) is 41.2. The molecule has 0 aliphatic heterocycles. The Bertz CT molecular complexity index is 909. The highest BCUT2D eigenvalue weighted by Crippen LogP contribution is 2.17. The van der Waals surface area contributed by atoms with Gasteiger partial charge in [-0.2, -0.15) is 0 Å². The van der Waals surface area contributed by atoms with E-state index in [4.69, 9.17) is 4.74 Å².